The van der Waals surface area contributed by atoms with E-state index < -0.39 is 0 Å². The van der Waals surface area contributed by atoms with Crippen LogP contribution in [0.3, 0.4) is 0 Å². The molecule has 3 rings (SSSR count). The Morgan fingerprint density at radius 3 is 2.67 bits per heavy atom. The Kier molecular flexibility index (Phi) is 4.40. The van der Waals surface area contributed by atoms with Crippen LogP contribution in [0.15, 0.2) is 23.2 Å². The lowest BCUT2D eigenvalue weighted by molar-refractivity contribution is 0.109. The maximum Gasteiger partial charge on any atom is 0.134 e. The fourth-order valence-electron chi connectivity index (χ4n) is 3.13. The summed E-state index contributed by atoms with van der Waals surface area (Å²) in [5.41, 5.74) is 1.07. The first-order valence-electron chi connectivity index (χ1n) is 7.52. The number of nitrogens with one attached hydrogen (secondary N) is 1. The van der Waals surface area contributed by atoms with Crippen LogP contribution < -0.4 is 4.74 Å². The molecule has 0 aliphatic heterocycles. The first kappa shape index (κ1) is 14.7. The van der Waals surface area contributed by atoms with Crippen molar-refractivity contribution >= 4 is 22.7 Å². The number of aromatic amines is 1. The molecule has 2 aromatic rings. The molecule has 1 N–H and O–H groups in total. The molecule has 1 aliphatic rings. The molecule has 1 aliphatic carbocycles. The molecule has 1 fully saturated rings. The highest BCUT2D eigenvalue weighted by atomic mass is 32.2. The summed E-state index contributed by atoms with van der Waals surface area (Å²) in [6.07, 6.45) is 9.05. The predicted molar refractivity (Wildman–Crippen MR) is 88.2 cm³/mol. The smallest absolute Gasteiger partial charge is 0.134 e. The third-order valence-electron chi connectivity index (χ3n) is 4.41. The second-order valence-electron chi connectivity index (χ2n) is 5.94. The number of hydrogen-bond donors (Lipinski definition) is 1. The van der Waals surface area contributed by atoms with Gasteiger partial charge in [-0.3, -0.25) is 5.10 Å². The van der Waals surface area contributed by atoms with Crippen LogP contribution in [0.1, 0.15) is 25.7 Å². The number of hydrogen-bond acceptors (Lipinski definition) is 4. The molecule has 5 heteroatoms. The molecule has 21 heavy (non-hydrogen) atoms. The van der Waals surface area contributed by atoms with Crippen molar-refractivity contribution in [3.63, 3.8) is 0 Å². The third-order valence-corrected chi connectivity index (χ3v) is 5.24. The number of ether oxygens (including phenoxy) is 1. The van der Waals surface area contributed by atoms with Gasteiger partial charge in [-0.2, -0.15) is 5.10 Å². The maximum absolute atomic E-state index is 6.30. The summed E-state index contributed by atoms with van der Waals surface area (Å²) >= 11 is 1.73. The van der Waals surface area contributed by atoms with Crippen LogP contribution in [0, 0.1) is 0 Å². The normalized spacial score (nSPS) is 22.9. The van der Waals surface area contributed by atoms with Crippen molar-refractivity contribution in [2.75, 3.05) is 20.4 Å². The molecule has 114 valence electrons. The van der Waals surface area contributed by atoms with Gasteiger partial charge in [0.05, 0.1) is 22.7 Å². The molecular weight excluding hydrogens is 282 g/mol. The minimum atomic E-state index is 0.344. The highest BCUT2D eigenvalue weighted by molar-refractivity contribution is 7.99. The van der Waals surface area contributed by atoms with Gasteiger partial charge in [0.25, 0.3) is 0 Å². The van der Waals surface area contributed by atoms with Crippen LogP contribution in [0.4, 0.5) is 0 Å². The second-order valence-corrected chi connectivity index (χ2v) is 6.76. The lowest BCUT2D eigenvalue weighted by Gasteiger charge is -2.33. The highest BCUT2D eigenvalue weighted by Crippen LogP contribution is 2.36. The standard InChI is InChI=1S/C16H23N3OS/c1-19(2)11-4-6-12(7-5-11)20-15-9-8-14-13(10-17-18-14)16(15)21-3/h8-12H,4-7H2,1-3H3,(H,17,18)/t11-,12-. The van der Waals surface area contributed by atoms with Crippen LogP contribution in [-0.4, -0.2) is 47.6 Å². The third kappa shape index (κ3) is 3.04. The van der Waals surface area contributed by atoms with Crippen molar-refractivity contribution in [3.8, 4) is 5.75 Å². The molecule has 1 aromatic heterocycles. The minimum absolute atomic E-state index is 0.344. The highest BCUT2D eigenvalue weighted by Gasteiger charge is 2.24. The predicted octanol–water partition coefficient (Wildman–Crippen LogP) is 3.54. The van der Waals surface area contributed by atoms with E-state index in [1.165, 1.54) is 17.7 Å². The van der Waals surface area contributed by atoms with Gasteiger partial charge in [-0.05, 0) is 58.2 Å². The SMILES string of the molecule is CSc1c(O[C@H]2CC[C@H](N(C)C)CC2)ccc2[nH]ncc12. The van der Waals surface area contributed by atoms with E-state index in [0.717, 1.165) is 29.5 Å². The van der Waals surface area contributed by atoms with Gasteiger partial charge in [-0.15, -0.1) is 11.8 Å². The summed E-state index contributed by atoms with van der Waals surface area (Å²) in [5, 5.41) is 8.30. The van der Waals surface area contributed by atoms with Crippen LogP contribution in [0.5, 0.6) is 5.75 Å². The van der Waals surface area contributed by atoms with Crippen molar-refractivity contribution in [1.82, 2.24) is 15.1 Å². The minimum Gasteiger partial charge on any atom is -0.489 e. The topological polar surface area (TPSA) is 41.1 Å². The fraction of sp³-hybridized carbons (Fsp3) is 0.562. The van der Waals surface area contributed by atoms with E-state index in [1.54, 1.807) is 11.8 Å². The van der Waals surface area contributed by atoms with Gasteiger partial charge >= 0.3 is 0 Å². The van der Waals surface area contributed by atoms with E-state index in [0.29, 0.717) is 12.1 Å². The zero-order chi connectivity index (χ0) is 14.8. The van der Waals surface area contributed by atoms with Gasteiger partial charge in [0.15, 0.2) is 0 Å². The van der Waals surface area contributed by atoms with E-state index in [-0.39, 0.29) is 0 Å². The van der Waals surface area contributed by atoms with Crippen LogP contribution in [0.2, 0.25) is 0 Å². The van der Waals surface area contributed by atoms with Crippen LogP contribution >= 0.6 is 11.8 Å². The Balaban J connectivity index is 1.73. The lowest BCUT2D eigenvalue weighted by Crippen LogP contribution is -2.35. The number of thioether (sulfide) groups is 1. The summed E-state index contributed by atoms with van der Waals surface area (Å²) in [5.74, 6) is 1.00. The van der Waals surface area contributed by atoms with Crippen molar-refractivity contribution in [1.29, 1.82) is 0 Å². The molecule has 0 radical (unpaired) electrons. The molecule has 0 bridgehead atoms. The van der Waals surface area contributed by atoms with E-state index in [1.807, 2.05) is 6.20 Å². The summed E-state index contributed by atoms with van der Waals surface area (Å²) in [7, 11) is 4.34. The summed E-state index contributed by atoms with van der Waals surface area (Å²) in [4.78, 5) is 3.53. The molecule has 0 spiro atoms. The second kappa shape index (κ2) is 6.28. The number of nitrogens with zero attached hydrogens (tertiary/aromatic N) is 2. The molecule has 4 nitrogen and oxygen atoms in total. The summed E-state index contributed by atoms with van der Waals surface area (Å²) in [6.45, 7) is 0. The zero-order valence-corrected chi connectivity index (χ0v) is 13.7. The van der Waals surface area contributed by atoms with Gasteiger partial charge in [-0.25, -0.2) is 0 Å². The molecule has 1 heterocycles. The van der Waals surface area contributed by atoms with E-state index in [9.17, 15) is 0 Å². The van der Waals surface area contributed by atoms with E-state index in [2.05, 4.69) is 47.6 Å². The van der Waals surface area contributed by atoms with Gasteiger partial charge in [-0.1, -0.05) is 0 Å². The van der Waals surface area contributed by atoms with Gasteiger partial charge in [0, 0.05) is 11.4 Å². The lowest BCUT2D eigenvalue weighted by atomic mass is 9.92. The average Bonchev–Trinajstić information content (AvgIpc) is 2.96. The molecular formula is C16H23N3OS. The first-order valence-corrected chi connectivity index (χ1v) is 8.74. The monoisotopic (exact) mass is 305 g/mol. The van der Waals surface area contributed by atoms with E-state index in [4.69, 9.17) is 4.74 Å². The van der Waals surface area contributed by atoms with Crippen molar-refractivity contribution in [2.24, 2.45) is 0 Å². The molecule has 0 amide bonds. The Morgan fingerprint density at radius 2 is 2.00 bits per heavy atom. The zero-order valence-electron chi connectivity index (χ0n) is 12.9. The fourth-order valence-corrected chi connectivity index (χ4v) is 3.83. The van der Waals surface area contributed by atoms with Gasteiger partial charge in [0.1, 0.15) is 5.75 Å². The Labute approximate surface area is 130 Å². The number of fused-ring (bicyclic) bond motifs is 1. The van der Waals surface area contributed by atoms with Crippen molar-refractivity contribution in [3.05, 3.63) is 18.3 Å². The van der Waals surface area contributed by atoms with Crippen molar-refractivity contribution in [2.45, 2.75) is 42.7 Å². The summed E-state index contributed by atoms with van der Waals surface area (Å²) < 4.78 is 6.30. The average molecular weight is 305 g/mol. The largest absolute Gasteiger partial charge is 0.489 e. The van der Waals surface area contributed by atoms with Crippen molar-refractivity contribution < 1.29 is 4.74 Å². The first-order chi connectivity index (χ1) is 10.2. The molecule has 0 atom stereocenters. The Hall–Kier alpha value is -1.20. The number of H-pyrrole nitrogens is 1. The molecule has 1 aromatic carbocycles. The van der Waals surface area contributed by atoms with Gasteiger partial charge < -0.3 is 9.64 Å². The van der Waals surface area contributed by atoms with E-state index >= 15 is 0 Å². The number of rotatable bonds is 4. The van der Waals surface area contributed by atoms with Crippen LogP contribution in [0.25, 0.3) is 10.9 Å². The molecule has 0 unspecified atom stereocenters. The number of benzene rings is 1. The number of aromatic nitrogens is 2. The van der Waals surface area contributed by atoms with Crippen LogP contribution in [-0.2, 0) is 0 Å². The summed E-state index contributed by atoms with van der Waals surface area (Å²) in [6, 6.07) is 4.84. The molecule has 1 saturated carbocycles. The maximum atomic E-state index is 6.30. The Morgan fingerprint density at radius 1 is 1.24 bits per heavy atom. The van der Waals surface area contributed by atoms with Gasteiger partial charge in [0.2, 0.25) is 0 Å². The quantitative estimate of drug-likeness (QED) is 0.877. The molecule has 0 saturated heterocycles. The Bertz CT molecular complexity index is 603.